The standard InChI is InChI=1S/C11H17NO2.ClH/c1-6-4-9(14)5-7(2)10(6)11(12)8(3)13;/h4-5,8,11,13-14H,12H2,1-3H3;1H/t8-,11-;/m1./s1. The van der Waals surface area contributed by atoms with Crippen molar-refractivity contribution in [2.24, 2.45) is 5.73 Å². The highest BCUT2D eigenvalue weighted by Gasteiger charge is 2.17. The molecule has 0 saturated carbocycles. The first-order valence-corrected chi connectivity index (χ1v) is 4.67. The maximum atomic E-state index is 9.41. The Bertz CT molecular complexity index is 316. The van der Waals surface area contributed by atoms with Crippen LogP contribution in [0.5, 0.6) is 5.75 Å². The second-order valence-corrected chi connectivity index (χ2v) is 3.76. The van der Waals surface area contributed by atoms with Crippen molar-refractivity contribution in [3.05, 3.63) is 28.8 Å². The van der Waals surface area contributed by atoms with Gasteiger partial charge in [0.25, 0.3) is 0 Å². The molecule has 0 heterocycles. The third-order valence-corrected chi connectivity index (χ3v) is 2.43. The molecule has 0 aliphatic carbocycles. The predicted molar refractivity (Wildman–Crippen MR) is 63.4 cm³/mol. The normalized spacial score (nSPS) is 14.2. The molecule has 0 fully saturated rings. The number of halogens is 1. The van der Waals surface area contributed by atoms with Crippen LogP contribution >= 0.6 is 12.4 Å². The van der Waals surface area contributed by atoms with E-state index in [9.17, 15) is 10.2 Å². The summed E-state index contributed by atoms with van der Waals surface area (Å²) in [6, 6.07) is 2.92. The molecule has 2 atom stereocenters. The number of rotatable bonds is 2. The molecule has 1 aromatic rings. The first kappa shape index (κ1) is 14.2. The second kappa shape index (κ2) is 5.35. The molecular formula is C11H18ClNO2. The van der Waals surface area contributed by atoms with Crippen molar-refractivity contribution in [2.75, 3.05) is 0 Å². The molecule has 0 aliphatic heterocycles. The fourth-order valence-electron chi connectivity index (χ4n) is 1.72. The van der Waals surface area contributed by atoms with E-state index >= 15 is 0 Å². The lowest BCUT2D eigenvalue weighted by atomic mass is 9.93. The maximum Gasteiger partial charge on any atom is 0.116 e. The summed E-state index contributed by atoms with van der Waals surface area (Å²) in [5.41, 5.74) is 8.60. The lowest BCUT2D eigenvalue weighted by Crippen LogP contribution is -2.24. The first-order chi connectivity index (χ1) is 6.43. The molecule has 0 saturated heterocycles. The molecule has 4 N–H and O–H groups in total. The van der Waals surface area contributed by atoms with Gasteiger partial charge in [0.15, 0.2) is 0 Å². The van der Waals surface area contributed by atoms with Crippen molar-refractivity contribution < 1.29 is 10.2 Å². The van der Waals surface area contributed by atoms with E-state index in [2.05, 4.69) is 0 Å². The van der Waals surface area contributed by atoms with Crippen molar-refractivity contribution in [3.63, 3.8) is 0 Å². The fraction of sp³-hybridized carbons (Fsp3) is 0.455. The summed E-state index contributed by atoms with van der Waals surface area (Å²) in [7, 11) is 0. The van der Waals surface area contributed by atoms with Gasteiger partial charge in [-0.25, -0.2) is 0 Å². The monoisotopic (exact) mass is 231 g/mol. The average Bonchev–Trinajstić information content (AvgIpc) is 2.01. The predicted octanol–water partition coefficient (Wildman–Crippen LogP) is 1.81. The maximum absolute atomic E-state index is 9.41. The van der Waals surface area contributed by atoms with Gasteiger partial charge in [0, 0.05) is 0 Å². The smallest absolute Gasteiger partial charge is 0.116 e. The van der Waals surface area contributed by atoms with Crippen LogP contribution in [-0.2, 0) is 0 Å². The minimum absolute atomic E-state index is 0. The van der Waals surface area contributed by atoms with Crippen LogP contribution in [0.25, 0.3) is 0 Å². The van der Waals surface area contributed by atoms with E-state index < -0.39 is 12.1 Å². The minimum Gasteiger partial charge on any atom is -0.508 e. The highest BCUT2D eigenvalue weighted by molar-refractivity contribution is 5.85. The lowest BCUT2D eigenvalue weighted by Gasteiger charge is -2.20. The largest absolute Gasteiger partial charge is 0.508 e. The summed E-state index contributed by atoms with van der Waals surface area (Å²) < 4.78 is 0. The molecule has 0 unspecified atom stereocenters. The Hall–Kier alpha value is -0.770. The Morgan fingerprint density at radius 1 is 1.20 bits per heavy atom. The molecule has 1 aromatic carbocycles. The number of hydrogen-bond acceptors (Lipinski definition) is 3. The molecule has 0 bridgehead atoms. The van der Waals surface area contributed by atoms with Gasteiger partial charge in [-0.2, -0.15) is 0 Å². The van der Waals surface area contributed by atoms with Gasteiger partial charge in [-0.05, 0) is 49.6 Å². The van der Waals surface area contributed by atoms with Crippen LogP contribution in [0.15, 0.2) is 12.1 Å². The van der Waals surface area contributed by atoms with Crippen LogP contribution in [0.1, 0.15) is 29.7 Å². The number of phenols is 1. The van der Waals surface area contributed by atoms with Gasteiger partial charge in [0.2, 0.25) is 0 Å². The third-order valence-electron chi connectivity index (χ3n) is 2.43. The van der Waals surface area contributed by atoms with Gasteiger partial charge >= 0.3 is 0 Å². The summed E-state index contributed by atoms with van der Waals surface area (Å²) in [5.74, 6) is 0.238. The number of phenolic OH excluding ortho intramolecular Hbond substituents is 1. The lowest BCUT2D eigenvalue weighted by molar-refractivity contribution is 0.163. The van der Waals surface area contributed by atoms with E-state index in [1.807, 2.05) is 13.8 Å². The SMILES string of the molecule is Cc1cc(O)cc(C)c1[C@H](N)[C@@H](C)O.Cl. The van der Waals surface area contributed by atoms with Crippen LogP contribution < -0.4 is 5.73 Å². The van der Waals surface area contributed by atoms with Gasteiger partial charge in [0.05, 0.1) is 12.1 Å². The van der Waals surface area contributed by atoms with E-state index in [1.54, 1.807) is 19.1 Å². The van der Waals surface area contributed by atoms with Gasteiger partial charge in [-0.15, -0.1) is 12.4 Å². The molecule has 15 heavy (non-hydrogen) atoms. The molecule has 4 heteroatoms. The van der Waals surface area contributed by atoms with E-state index in [1.165, 1.54) is 0 Å². The summed E-state index contributed by atoms with van der Waals surface area (Å²) in [6.45, 7) is 5.42. The van der Waals surface area contributed by atoms with Crippen LogP contribution in [0.2, 0.25) is 0 Å². The molecule has 0 aromatic heterocycles. The number of aliphatic hydroxyl groups is 1. The number of aliphatic hydroxyl groups excluding tert-OH is 1. The quantitative estimate of drug-likeness (QED) is 0.727. The van der Waals surface area contributed by atoms with Crippen molar-refractivity contribution >= 4 is 12.4 Å². The summed E-state index contributed by atoms with van der Waals surface area (Å²) in [4.78, 5) is 0. The zero-order valence-corrected chi connectivity index (χ0v) is 10.0. The van der Waals surface area contributed by atoms with Gasteiger partial charge < -0.3 is 15.9 Å². The fourth-order valence-corrected chi connectivity index (χ4v) is 1.72. The Labute approximate surface area is 96.3 Å². The Morgan fingerprint density at radius 3 is 1.93 bits per heavy atom. The van der Waals surface area contributed by atoms with E-state index in [-0.39, 0.29) is 18.2 Å². The van der Waals surface area contributed by atoms with Crippen LogP contribution in [0, 0.1) is 13.8 Å². The third kappa shape index (κ3) is 3.09. The van der Waals surface area contributed by atoms with Crippen LogP contribution in [0.4, 0.5) is 0 Å². The average molecular weight is 232 g/mol. The second-order valence-electron chi connectivity index (χ2n) is 3.76. The van der Waals surface area contributed by atoms with Gasteiger partial charge in [-0.3, -0.25) is 0 Å². The zero-order valence-electron chi connectivity index (χ0n) is 9.19. The number of aryl methyl sites for hydroxylation is 2. The summed E-state index contributed by atoms with van der Waals surface area (Å²) >= 11 is 0. The summed E-state index contributed by atoms with van der Waals surface area (Å²) in [6.07, 6.45) is -0.586. The van der Waals surface area contributed by atoms with Crippen molar-refractivity contribution in [3.8, 4) is 5.75 Å². The minimum atomic E-state index is -0.586. The van der Waals surface area contributed by atoms with Crippen molar-refractivity contribution in [1.82, 2.24) is 0 Å². The Kier molecular flexibility index (Phi) is 5.08. The molecule has 1 rings (SSSR count). The zero-order chi connectivity index (χ0) is 10.9. The van der Waals surface area contributed by atoms with E-state index in [4.69, 9.17) is 5.73 Å². The molecule has 0 amide bonds. The van der Waals surface area contributed by atoms with Crippen LogP contribution in [-0.4, -0.2) is 16.3 Å². The highest BCUT2D eigenvalue weighted by Crippen LogP contribution is 2.26. The van der Waals surface area contributed by atoms with Crippen molar-refractivity contribution in [1.29, 1.82) is 0 Å². The highest BCUT2D eigenvalue weighted by atomic mass is 35.5. The van der Waals surface area contributed by atoms with Gasteiger partial charge in [0.1, 0.15) is 5.75 Å². The van der Waals surface area contributed by atoms with Crippen molar-refractivity contribution in [2.45, 2.75) is 32.9 Å². The molecule has 0 radical (unpaired) electrons. The Morgan fingerprint density at radius 2 is 1.60 bits per heavy atom. The van der Waals surface area contributed by atoms with E-state index in [0.29, 0.717) is 0 Å². The Balaban J connectivity index is 0.00000196. The molecular weight excluding hydrogens is 214 g/mol. The molecule has 0 aliphatic rings. The molecule has 0 spiro atoms. The number of benzene rings is 1. The molecule has 3 nitrogen and oxygen atoms in total. The number of aromatic hydroxyl groups is 1. The molecule has 86 valence electrons. The van der Waals surface area contributed by atoms with E-state index in [0.717, 1.165) is 16.7 Å². The summed E-state index contributed by atoms with van der Waals surface area (Å²) in [5, 5.41) is 18.7. The number of hydrogen-bond donors (Lipinski definition) is 3. The van der Waals surface area contributed by atoms with Gasteiger partial charge in [-0.1, -0.05) is 0 Å². The van der Waals surface area contributed by atoms with Crippen LogP contribution in [0.3, 0.4) is 0 Å². The number of nitrogens with two attached hydrogens (primary N) is 1. The first-order valence-electron chi connectivity index (χ1n) is 4.67. The topological polar surface area (TPSA) is 66.5 Å².